The maximum atomic E-state index is 11.3. The number of esters is 1. The molecule has 0 radical (unpaired) electrons. The minimum atomic E-state index is -0.476. The average Bonchev–Trinajstić information content (AvgIpc) is 2.53. The molecule has 0 N–H and O–H groups in total. The first-order chi connectivity index (χ1) is 9.72. The van der Waals surface area contributed by atoms with Gasteiger partial charge < -0.3 is 9.47 Å². The molecule has 4 heteroatoms. The fourth-order valence-corrected chi connectivity index (χ4v) is 2.13. The molecule has 2 rings (SSSR count). The largest absolute Gasteiger partial charge is 0.491 e. The van der Waals surface area contributed by atoms with Gasteiger partial charge in [-0.15, -0.1) is 0 Å². The van der Waals surface area contributed by atoms with Crippen LogP contribution in [0.15, 0.2) is 54.6 Å². The minimum Gasteiger partial charge on any atom is -0.491 e. The van der Waals surface area contributed by atoms with Crippen LogP contribution in [0.4, 0.5) is 0 Å². The lowest BCUT2D eigenvalue weighted by molar-refractivity contribution is -0.140. The number of hydrogen-bond acceptors (Lipinski definition) is 3. The van der Waals surface area contributed by atoms with Gasteiger partial charge in [0, 0.05) is 5.56 Å². The molecule has 0 saturated heterocycles. The summed E-state index contributed by atoms with van der Waals surface area (Å²) in [7, 11) is 1.36. The highest BCUT2D eigenvalue weighted by atomic mass is 79.9. The van der Waals surface area contributed by atoms with Gasteiger partial charge in [0.1, 0.15) is 17.2 Å². The SMILES string of the molecule is COC(=O)C(Br)COc1ccccc1-c1ccccc1. The smallest absolute Gasteiger partial charge is 0.322 e. The number of carbonyl (C=O) groups excluding carboxylic acids is 1. The second kappa shape index (κ2) is 7.10. The summed E-state index contributed by atoms with van der Waals surface area (Å²) in [6, 6.07) is 17.7. The second-order valence-electron chi connectivity index (χ2n) is 4.16. The quantitative estimate of drug-likeness (QED) is 0.618. The van der Waals surface area contributed by atoms with Gasteiger partial charge in [0.15, 0.2) is 0 Å². The van der Waals surface area contributed by atoms with Gasteiger partial charge in [-0.1, -0.05) is 64.5 Å². The van der Waals surface area contributed by atoms with Crippen LogP contribution in [0.25, 0.3) is 11.1 Å². The molecule has 2 aromatic carbocycles. The summed E-state index contributed by atoms with van der Waals surface area (Å²) >= 11 is 3.24. The Hall–Kier alpha value is -1.81. The Labute approximate surface area is 126 Å². The summed E-state index contributed by atoms with van der Waals surface area (Å²) in [5.74, 6) is 0.397. The van der Waals surface area contributed by atoms with Crippen LogP contribution in [-0.4, -0.2) is 24.5 Å². The van der Waals surface area contributed by atoms with Crippen molar-refractivity contribution in [3.05, 3.63) is 54.6 Å². The number of hydrogen-bond donors (Lipinski definition) is 0. The molecule has 20 heavy (non-hydrogen) atoms. The van der Waals surface area contributed by atoms with Gasteiger partial charge >= 0.3 is 5.97 Å². The van der Waals surface area contributed by atoms with E-state index < -0.39 is 4.83 Å². The summed E-state index contributed by atoms with van der Waals surface area (Å²) in [5, 5.41) is 0. The van der Waals surface area contributed by atoms with Crippen LogP contribution in [0.2, 0.25) is 0 Å². The molecule has 0 fully saturated rings. The van der Waals surface area contributed by atoms with Crippen molar-refractivity contribution in [3.8, 4) is 16.9 Å². The van der Waals surface area contributed by atoms with E-state index in [0.717, 1.165) is 16.9 Å². The summed E-state index contributed by atoms with van der Waals surface area (Å²) in [4.78, 5) is 10.9. The lowest BCUT2D eigenvalue weighted by atomic mass is 10.1. The fourth-order valence-electron chi connectivity index (χ4n) is 1.81. The highest BCUT2D eigenvalue weighted by Crippen LogP contribution is 2.29. The van der Waals surface area contributed by atoms with Crippen molar-refractivity contribution in [1.82, 2.24) is 0 Å². The molecule has 1 atom stereocenters. The maximum Gasteiger partial charge on any atom is 0.322 e. The van der Waals surface area contributed by atoms with Crippen LogP contribution < -0.4 is 4.74 Å². The van der Waals surface area contributed by atoms with E-state index in [0.29, 0.717) is 0 Å². The third-order valence-corrected chi connectivity index (χ3v) is 3.45. The first kappa shape index (κ1) is 14.6. The van der Waals surface area contributed by atoms with E-state index in [1.54, 1.807) is 0 Å². The summed E-state index contributed by atoms with van der Waals surface area (Å²) in [5.41, 5.74) is 2.07. The van der Waals surface area contributed by atoms with Crippen molar-refractivity contribution >= 4 is 21.9 Å². The Bertz CT molecular complexity index is 569. The van der Waals surface area contributed by atoms with Crippen LogP contribution in [0, 0.1) is 0 Å². The zero-order valence-electron chi connectivity index (χ0n) is 11.1. The second-order valence-corrected chi connectivity index (χ2v) is 5.27. The van der Waals surface area contributed by atoms with Gasteiger partial charge in [0.25, 0.3) is 0 Å². The molecular weight excluding hydrogens is 320 g/mol. The van der Waals surface area contributed by atoms with Gasteiger partial charge in [-0.2, -0.15) is 0 Å². The van der Waals surface area contributed by atoms with Crippen LogP contribution in [0.3, 0.4) is 0 Å². The van der Waals surface area contributed by atoms with Crippen molar-refractivity contribution in [1.29, 1.82) is 0 Å². The molecule has 0 aliphatic carbocycles. The Morgan fingerprint density at radius 2 is 1.75 bits per heavy atom. The number of halogens is 1. The van der Waals surface area contributed by atoms with Crippen molar-refractivity contribution in [2.75, 3.05) is 13.7 Å². The van der Waals surface area contributed by atoms with Crippen LogP contribution in [-0.2, 0) is 9.53 Å². The maximum absolute atomic E-state index is 11.3. The number of rotatable bonds is 5. The van der Waals surface area contributed by atoms with Crippen LogP contribution in [0.1, 0.15) is 0 Å². The van der Waals surface area contributed by atoms with E-state index >= 15 is 0 Å². The predicted molar refractivity (Wildman–Crippen MR) is 82.1 cm³/mol. The molecule has 0 heterocycles. The average molecular weight is 335 g/mol. The first-order valence-corrected chi connectivity index (χ1v) is 7.13. The highest BCUT2D eigenvalue weighted by molar-refractivity contribution is 9.10. The van der Waals surface area contributed by atoms with Gasteiger partial charge in [-0.05, 0) is 11.6 Å². The standard InChI is InChI=1S/C16H15BrO3/c1-19-16(18)14(17)11-20-15-10-6-5-9-13(15)12-7-3-2-4-8-12/h2-10,14H,11H2,1H3. The number of methoxy groups -OCH3 is 1. The molecule has 0 saturated carbocycles. The number of benzene rings is 2. The van der Waals surface area contributed by atoms with E-state index in [4.69, 9.17) is 4.74 Å². The Kier molecular flexibility index (Phi) is 5.18. The van der Waals surface area contributed by atoms with Gasteiger partial charge in [-0.3, -0.25) is 4.79 Å². The Morgan fingerprint density at radius 1 is 1.10 bits per heavy atom. The zero-order chi connectivity index (χ0) is 14.4. The van der Waals surface area contributed by atoms with E-state index in [1.807, 2.05) is 54.6 Å². The van der Waals surface area contributed by atoms with E-state index in [1.165, 1.54) is 7.11 Å². The van der Waals surface area contributed by atoms with Crippen molar-refractivity contribution in [2.24, 2.45) is 0 Å². The summed E-state index contributed by atoms with van der Waals surface area (Å²) in [6.45, 7) is 0.219. The number of para-hydroxylation sites is 1. The van der Waals surface area contributed by atoms with Crippen LogP contribution in [0.5, 0.6) is 5.75 Å². The molecule has 0 aliphatic heterocycles. The first-order valence-electron chi connectivity index (χ1n) is 6.21. The van der Waals surface area contributed by atoms with E-state index in [2.05, 4.69) is 20.7 Å². The Morgan fingerprint density at radius 3 is 2.45 bits per heavy atom. The highest BCUT2D eigenvalue weighted by Gasteiger charge is 2.16. The number of alkyl halides is 1. The van der Waals surface area contributed by atoms with E-state index in [-0.39, 0.29) is 12.6 Å². The van der Waals surface area contributed by atoms with Gasteiger partial charge in [0.2, 0.25) is 0 Å². The minimum absolute atomic E-state index is 0.219. The molecule has 0 spiro atoms. The number of carbonyl (C=O) groups is 1. The fraction of sp³-hybridized carbons (Fsp3) is 0.188. The third kappa shape index (κ3) is 3.61. The van der Waals surface area contributed by atoms with Crippen molar-refractivity contribution < 1.29 is 14.3 Å². The molecule has 0 aromatic heterocycles. The molecule has 0 bridgehead atoms. The van der Waals surface area contributed by atoms with Gasteiger partial charge in [-0.25, -0.2) is 0 Å². The summed E-state index contributed by atoms with van der Waals surface area (Å²) in [6.07, 6.45) is 0. The number of ether oxygens (including phenoxy) is 2. The predicted octanol–water partition coefficient (Wildman–Crippen LogP) is 3.67. The zero-order valence-corrected chi connectivity index (χ0v) is 12.7. The van der Waals surface area contributed by atoms with Crippen molar-refractivity contribution in [2.45, 2.75) is 4.83 Å². The topological polar surface area (TPSA) is 35.5 Å². The molecule has 0 amide bonds. The molecule has 0 aliphatic rings. The van der Waals surface area contributed by atoms with Crippen molar-refractivity contribution in [3.63, 3.8) is 0 Å². The molecule has 2 aromatic rings. The normalized spacial score (nSPS) is 11.7. The lowest BCUT2D eigenvalue weighted by Crippen LogP contribution is -2.23. The molecule has 3 nitrogen and oxygen atoms in total. The molecule has 104 valence electrons. The monoisotopic (exact) mass is 334 g/mol. The molecular formula is C16H15BrO3. The lowest BCUT2D eigenvalue weighted by Gasteiger charge is -2.13. The third-order valence-electron chi connectivity index (χ3n) is 2.81. The van der Waals surface area contributed by atoms with E-state index in [9.17, 15) is 4.79 Å². The molecule has 1 unspecified atom stereocenters. The van der Waals surface area contributed by atoms with Gasteiger partial charge in [0.05, 0.1) is 7.11 Å². The Balaban J connectivity index is 2.15. The summed E-state index contributed by atoms with van der Waals surface area (Å²) < 4.78 is 10.4. The van der Waals surface area contributed by atoms with Crippen LogP contribution >= 0.6 is 15.9 Å².